The maximum absolute atomic E-state index is 11.8. The number of amides is 2. The second-order valence-electron chi connectivity index (χ2n) is 4.38. The number of carbonyl (C=O) groups excluding carboxylic acids is 1. The number of anilines is 1. The van der Waals surface area contributed by atoms with Crippen LogP contribution in [0.4, 0.5) is 10.5 Å². The summed E-state index contributed by atoms with van der Waals surface area (Å²) >= 11 is 23.3. The van der Waals surface area contributed by atoms with Gasteiger partial charge >= 0.3 is 6.03 Å². The molecular weight excluding hydrogens is 368 g/mol. The molecule has 22 heavy (non-hydrogen) atoms. The molecule has 2 N–H and O–H groups in total. The Labute approximate surface area is 147 Å². The lowest BCUT2D eigenvalue weighted by Crippen LogP contribution is -2.30. The van der Waals surface area contributed by atoms with E-state index in [1.807, 2.05) is 6.07 Å². The van der Waals surface area contributed by atoms with E-state index in [9.17, 15) is 4.79 Å². The topological polar surface area (TPSA) is 54.0 Å². The fraction of sp³-hybridized carbons (Fsp3) is 0.143. The molecule has 0 unspecified atom stereocenters. The van der Waals surface area contributed by atoms with Gasteiger partial charge < -0.3 is 10.6 Å². The van der Waals surface area contributed by atoms with Gasteiger partial charge in [-0.25, -0.2) is 9.78 Å². The van der Waals surface area contributed by atoms with E-state index in [-0.39, 0.29) is 16.3 Å². The molecule has 0 spiro atoms. The van der Waals surface area contributed by atoms with Gasteiger partial charge in [-0.15, -0.1) is 0 Å². The third-order valence-corrected chi connectivity index (χ3v) is 3.83. The molecule has 2 aromatic rings. The minimum Gasteiger partial charge on any atom is -0.338 e. The quantitative estimate of drug-likeness (QED) is 0.730. The first-order valence-electron chi connectivity index (χ1n) is 6.26. The number of hydrogen-bond acceptors (Lipinski definition) is 2. The van der Waals surface area contributed by atoms with Crippen molar-refractivity contribution in [3.63, 3.8) is 0 Å². The van der Waals surface area contributed by atoms with Gasteiger partial charge in [-0.05, 0) is 36.2 Å². The third-order valence-electron chi connectivity index (χ3n) is 2.70. The molecule has 2 amide bonds. The van der Waals surface area contributed by atoms with Crippen LogP contribution in [-0.2, 0) is 6.42 Å². The Morgan fingerprint density at radius 1 is 1.00 bits per heavy atom. The van der Waals surface area contributed by atoms with Crippen LogP contribution in [0.5, 0.6) is 0 Å². The minimum absolute atomic E-state index is 0.207. The normalized spacial score (nSPS) is 10.4. The van der Waals surface area contributed by atoms with Crippen LogP contribution in [-0.4, -0.2) is 17.6 Å². The second-order valence-corrected chi connectivity index (χ2v) is 5.97. The van der Waals surface area contributed by atoms with Crippen LogP contribution < -0.4 is 10.6 Å². The Morgan fingerprint density at radius 2 is 1.68 bits per heavy atom. The van der Waals surface area contributed by atoms with Crippen molar-refractivity contribution in [1.29, 1.82) is 0 Å². The SMILES string of the molecule is O=C(NCCc1ccc(Cl)c(Cl)c1)Nc1cc(Cl)nc(Cl)c1. The monoisotopic (exact) mass is 377 g/mol. The summed E-state index contributed by atoms with van der Waals surface area (Å²) in [7, 11) is 0. The molecule has 0 atom stereocenters. The highest BCUT2D eigenvalue weighted by molar-refractivity contribution is 6.42. The molecule has 0 aliphatic heterocycles. The number of hydrogen-bond donors (Lipinski definition) is 2. The van der Waals surface area contributed by atoms with E-state index in [1.54, 1.807) is 12.1 Å². The zero-order chi connectivity index (χ0) is 16.1. The maximum Gasteiger partial charge on any atom is 0.319 e. The fourth-order valence-electron chi connectivity index (χ4n) is 1.73. The Hall–Kier alpha value is -1.20. The molecule has 0 saturated heterocycles. The predicted molar refractivity (Wildman–Crippen MR) is 91.4 cm³/mol. The van der Waals surface area contributed by atoms with Crippen LogP contribution >= 0.6 is 46.4 Å². The lowest BCUT2D eigenvalue weighted by molar-refractivity contribution is 0.252. The Morgan fingerprint density at radius 3 is 2.32 bits per heavy atom. The van der Waals surface area contributed by atoms with Crippen molar-refractivity contribution in [3.05, 3.63) is 56.2 Å². The molecule has 0 aliphatic carbocycles. The van der Waals surface area contributed by atoms with Crippen LogP contribution in [0.3, 0.4) is 0 Å². The van der Waals surface area contributed by atoms with Gasteiger partial charge in [-0.1, -0.05) is 52.5 Å². The van der Waals surface area contributed by atoms with Gasteiger partial charge in [0.15, 0.2) is 0 Å². The highest BCUT2D eigenvalue weighted by Gasteiger charge is 2.05. The minimum atomic E-state index is -0.363. The molecule has 1 heterocycles. The van der Waals surface area contributed by atoms with E-state index in [0.717, 1.165) is 5.56 Å². The summed E-state index contributed by atoms with van der Waals surface area (Å²) in [4.78, 5) is 15.6. The molecule has 0 saturated carbocycles. The second kappa shape index (κ2) is 7.88. The molecule has 0 aliphatic rings. The average Bonchev–Trinajstić information content (AvgIpc) is 2.41. The lowest BCUT2D eigenvalue weighted by atomic mass is 10.1. The van der Waals surface area contributed by atoms with Crippen LogP contribution in [0.1, 0.15) is 5.56 Å². The summed E-state index contributed by atoms with van der Waals surface area (Å²) < 4.78 is 0. The van der Waals surface area contributed by atoms with Gasteiger partial charge in [0.2, 0.25) is 0 Å². The first kappa shape index (κ1) is 17.2. The van der Waals surface area contributed by atoms with Gasteiger partial charge in [-0.2, -0.15) is 0 Å². The standard InChI is InChI=1S/C14H11Cl4N3O/c15-10-2-1-8(5-11(10)16)3-4-19-14(22)20-9-6-12(17)21-13(18)7-9/h1-2,5-7H,3-4H2,(H2,19,20,21,22). The number of nitrogens with zero attached hydrogens (tertiary/aromatic N) is 1. The molecule has 1 aromatic carbocycles. The molecule has 1 aromatic heterocycles. The van der Waals surface area contributed by atoms with Crippen molar-refractivity contribution in [2.75, 3.05) is 11.9 Å². The summed E-state index contributed by atoms with van der Waals surface area (Å²) in [6.07, 6.45) is 0.627. The number of urea groups is 1. The Balaban J connectivity index is 1.83. The lowest BCUT2D eigenvalue weighted by Gasteiger charge is -2.08. The summed E-state index contributed by atoms with van der Waals surface area (Å²) in [5, 5.41) is 6.75. The smallest absolute Gasteiger partial charge is 0.319 e. The Bertz CT molecular complexity index is 674. The van der Waals surface area contributed by atoms with Gasteiger partial charge in [0, 0.05) is 12.2 Å². The zero-order valence-corrected chi connectivity index (χ0v) is 14.2. The maximum atomic E-state index is 11.8. The largest absolute Gasteiger partial charge is 0.338 e. The van der Waals surface area contributed by atoms with Crippen LogP contribution in [0, 0.1) is 0 Å². The van der Waals surface area contributed by atoms with Crippen molar-refractivity contribution >= 4 is 58.1 Å². The summed E-state index contributed by atoms with van der Waals surface area (Å²) in [6, 6.07) is 8.00. The summed E-state index contributed by atoms with van der Waals surface area (Å²) in [6.45, 7) is 0.441. The van der Waals surface area contributed by atoms with E-state index < -0.39 is 0 Å². The van der Waals surface area contributed by atoms with E-state index >= 15 is 0 Å². The molecule has 116 valence electrons. The van der Waals surface area contributed by atoms with E-state index in [4.69, 9.17) is 46.4 Å². The van der Waals surface area contributed by atoms with Crippen molar-refractivity contribution < 1.29 is 4.79 Å². The molecule has 8 heteroatoms. The highest BCUT2D eigenvalue weighted by atomic mass is 35.5. The number of rotatable bonds is 4. The molecule has 0 bridgehead atoms. The van der Waals surface area contributed by atoms with E-state index in [0.29, 0.717) is 28.7 Å². The van der Waals surface area contributed by atoms with E-state index in [2.05, 4.69) is 15.6 Å². The fourth-order valence-corrected chi connectivity index (χ4v) is 2.51. The number of benzene rings is 1. The van der Waals surface area contributed by atoms with Gasteiger partial charge in [-0.3, -0.25) is 0 Å². The first-order valence-corrected chi connectivity index (χ1v) is 7.77. The molecule has 0 radical (unpaired) electrons. The van der Waals surface area contributed by atoms with Gasteiger partial charge in [0.05, 0.1) is 10.0 Å². The molecule has 4 nitrogen and oxygen atoms in total. The number of carbonyl (C=O) groups is 1. The number of aromatic nitrogens is 1. The van der Waals surface area contributed by atoms with Gasteiger partial charge in [0.25, 0.3) is 0 Å². The van der Waals surface area contributed by atoms with Crippen LogP contribution in [0.2, 0.25) is 20.4 Å². The molecular formula is C14H11Cl4N3O. The van der Waals surface area contributed by atoms with E-state index in [1.165, 1.54) is 12.1 Å². The number of pyridine rings is 1. The van der Waals surface area contributed by atoms with Crippen molar-refractivity contribution in [1.82, 2.24) is 10.3 Å². The number of halogens is 4. The van der Waals surface area contributed by atoms with Crippen molar-refractivity contribution in [2.24, 2.45) is 0 Å². The van der Waals surface area contributed by atoms with Gasteiger partial charge in [0.1, 0.15) is 10.3 Å². The molecule has 0 fully saturated rings. The Kier molecular flexibility index (Phi) is 6.15. The summed E-state index contributed by atoms with van der Waals surface area (Å²) in [5.74, 6) is 0. The first-order chi connectivity index (χ1) is 10.4. The zero-order valence-electron chi connectivity index (χ0n) is 11.2. The van der Waals surface area contributed by atoms with Crippen LogP contribution in [0.25, 0.3) is 0 Å². The predicted octanol–water partition coefficient (Wildman–Crippen LogP) is 5.06. The summed E-state index contributed by atoms with van der Waals surface area (Å²) in [5.41, 5.74) is 1.45. The molecule has 2 rings (SSSR count). The highest BCUT2D eigenvalue weighted by Crippen LogP contribution is 2.22. The third kappa shape index (κ3) is 5.21. The number of nitrogens with one attached hydrogen (secondary N) is 2. The van der Waals surface area contributed by atoms with Crippen molar-refractivity contribution in [3.8, 4) is 0 Å². The van der Waals surface area contributed by atoms with Crippen molar-refractivity contribution in [2.45, 2.75) is 6.42 Å². The van der Waals surface area contributed by atoms with Crippen LogP contribution in [0.15, 0.2) is 30.3 Å². The average molecular weight is 379 g/mol.